The van der Waals surface area contributed by atoms with Gasteiger partial charge in [0.1, 0.15) is 0 Å². The molecule has 1 aromatic carbocycles. The molecular formula is C21H28F4OSi. The fraction of sp³-hybridized carbons (Fsp3) is 0.714. The number of hydrogen-bond donors (Lipinski definition) is 0. The topological polar surface area (TPSA) is 9.23 Å². The average molecular weight is 401 g/mol. The Bertz CT molecular complexity index is 608. The van der Waals surface area contributed by atoms with Gasteiger partial charge in [0.05, 0.1) is 0 Å². The van der Waals surface area contributed by atoms with Crippen molar-refractivity contribution in [2.45, 2.75) is 82.4 Å². The van der Waals surface area contributed by atoms with E-state index >= 15 is 0 Å². The molecule has 2 radical (unpaired) electrons. The predicted octanol–water partition coefficient (Wildman–Crippen LogP) is 6.96. The average Bonchev–Trinajstić information content (AvgIpc) is 2.67. The molecule has 0 aliphatic heterocycles. The maximum absolute atomic E-state index is 14.4. The van der Waals surface area contributed by atoms with Crippen molar-refractivity contribution >= 4 is 9.52 Å². The molecule has 0 saturated heterocycles. The first kappa shape index (κ1) is 20.7. The van der Waals surface area contributed by atoms with Crippen molar-refractivity contribution in [2.75, 3.05) is 0 Å². The molecule has 27 heavy (non-hydrogen) atoms. The summed E-state index contributed by atoms with van der Waals surface area (Å²) in [6, 6.07) is 3.84. The van der Waals surface area contributed by atoms with E-state index in [0.717, 1.165) is 52.7 Å². The van der Waals surface area contributed by atoms with Crippen molar-refractivity contribution in [3.63, 3.8) is 0 Å². The van der Waals surface area contributed by atoms with Crippen LogP contribution in [0.1, 0.15) is 69.8 Å². The van der Waals surface area contributed by atoms with Gasteiger partial charge in [-0.3, -0.25) is 0 Å². The number of benzene rings is 1. The number of rotatable bonds is 6. The van der Waals surface area contributed by atoms with Crippen molar-refractivity contribution in [2.24, 2.45) is 11.8 Å². The van der Waals surface area contributed by atoms with Crippen LogP contribution >= 0.6 is 0 Å². The minimum atomic E-state index is -3.16. The molecule has 2 aliphatic carbocycles. The highest BCUT2D eigenvalue weighted by molar-refractivity contribution is 6.37. The van der Waals surface area contributed by atoms with Gasteiger partial charge in [-0.1, -0.05) is 44.7 Å². The van der Waals surface area contributed by atoms with Crippen LogP contribution in [0.4, 0.5) is 17.6 Å². The first-order chi connectivity index (χ1) is 13.0. The highest BCUT2D eigenvalue weighted by atomic mass is 28.2. The Morgan fingerprint density at radius 1 is 0.926 bits per heavy atom. The zero-order chi connectivity index (χ0) is 19.4. The van der Waals surface area contributed by atoms with Gasteiger partial charge in [-0.25, -0.2) is 4.39 Å². The SMILES string of the molecule is CC[Si]C1CCC(C2CCC(c3ccc(OC(F)F)c(F)c3F)CC2)CC1. The summed E-state index contributed by atoms with van der Waals surface area (Å²) in [5, 5.41) is 0. The molecule has 0 unspecified atom stereocenters. The molecule has 2 fully saturated rings. The molecule has 0 bridgehead atoms. The monoisotopic (exact) mass is 400 g/mol. The highest BCUT2D eigenvalue weighted by Gasteiger charge is 2.32. The van der Waals surface area contributed by atoms with Crippen LogP contribution in [0.15, 0.2) is 12.1 Å². The molecule has 0 N–H and O–H groups in total. The standard InChI is InChI=1S/C21H28F4OSi/c1-2-27-16-9-7-14(8-10-16)13-3-5-15(6-4-13)17-11-12-18(26-21(24)25)20(23)19(17)22/h11-16,21H,2-10H2,1H3. The second kappa shape index (κ2) is 9.44. The zero-order valence-electron chi connectivity index (χ0n) is 15.8. The lowest BCUT2D eigenvalue weighted by Gasteiger charge is -2.38. The van der Waals surface area contributed by atoms with Crippen molar-refractivity contribution in [1.82, 2.24) is 0 Å². The van der Waals surface area contributed by atoms with Crippen LogP contribution in [0.3, 0.4) is 0 Å². The summed E-state index contributed by atoms with van der Waals surface area (Å²) < 4.78 is 56.9. The fourth-order valence-corrected chi connectivity index (χ4v) is 6.35. The van der Waals surface area contributed by atoms with Crippen molar-refractivity contribution in [3.8, 4) is 5.75 Å². The lowest BCUT2D eigenvalue weighted by Crippen LogP contribution is -2.25. The van der Waals surface area contributed by atoms with Gasteiger partial charge in [-0.15, -0.1) is 0 Å². The Labute approximate surface area is 161 Å². The highest BCUT2D eigenvalue weighted by Crippen LogP contribution is 2.45. The van der Waals surface area contributed by atoms with E-state index in [1.165, 1.54) is 37.8 Å². The normalized spacial score (nSPS) is 29.1. The van der Waals surface area contributed by atoms with E-state index in [4.69, 9.17) is 0 Å². The maximum atomic E-state index is 14.4. The Kier molecular flexibility index (Phi) is 7.23. The number of halogens is 4. The van der Waals surface area contributed by atoms with Crippen LogP contribution in [0.2, 0.25) is 11.6 Å². The Balaban J connectivity index is 1.56. The molecule has 3 rings (SSSR count). The molecule has 1 aromatic rings. The molecule has 0 aromatic heterocycles. The van der Waals surface area contributed by atoms with Gasteiger partial charge < -0.3 is 4.74 Å². The van der Waals surface area contributed by atoms with E-state index in [9.17, 15) is 17.6 Å². The number of ether oxygens (including phenoxy) is 1. The summed E-state index contributed by atoms with van der Waals surface area (Å²) in [6.07, 6.45) is 9.11. The summed E-state index contributed by atoms with van der Waals surface area (Å²) in [5.41, 5.74) is 1.23. The molecular weight excluding hydrogens is 372 g/mol. The predicted molar refractivity (Wildman–Crippen MR) is 99.6 cm³/mol. The third-order valence-corrected chi connectivity index (χ3v) is 8.00. The summed E-state index contributed by atoms with van der Waals surface area (Å²) >= 11 is 0. The van der Waals surface area contributed by atoms with Crippen LogP contribution in [-0.4, -0.2) is 16.1 Å². The Morgan fingerprint density at radius 2 is 1.52 bits per heavy atom. The molecule has 0 atom stereocenters. The van der Waals surface area contributed by atoms with Crippen molar-refractivity contribution in [3.05, 3.63) is 29.3 Å². The van der Waals surface area contributed by atoms with E-state index < -0.39 is 24.0 Å². The lowest BCUT2D eigenvalue weighted by molar-refractivity contribution is -0.0525. The molecule has 0 spiro atoms. The minimum absolute atomic E-state index is 0.0331. The molecule has 0 amide bonds. The van der Waals surface area contributed by atoms with E-state index in [-0.39, 0.29) is 5.92 Å². The van der Waals surface area contributed by atoms with Crippen LogP contribution in [0, 0.1) is 23.5 Å². The maximum Gasteiger partial charge on any atom is 0.387 e. The summed E-state index contributed by atoms with van der Waals surface area (Å²) in [4.78, 5) is 0. The smallest absolute Gasteiger partial charge is 0.387 e. The van der Waals surface area contributed by atoms with Gasteiger partial charge in [0, 0.05) is 9.52 Å². The van der Waals surface area contributed by atoms with E-state index in [2.05, 4.69) is 11.7 Å². The van der Waals surface area contributed by atoms with Crippen LogP contribution in [0.25, 0.3) is 0 Å². The van der Waals surface area contributed by atoms with Gasteiger partial charge in [-0.05, 0) is 60.6 Å². The van der Waals surface area contributed by atoms with Gasteiger partial charge >= 0.3 is 6.61 Å². The Hall–Kier alpha value is -1.04. The van der Waals surface area contributed by atoms with E-state index in [1.54, 1.807) is 0 Å². The number of alkyl halides is 2. The van der Waals surface area contributed by atoms with Gasteiger partial charge in [0.15, 0.2) is 11.6 Å². The van der Waals surface area contributed by atoms with Crippen LogP contribution in [0.5, 0.6) is 5.75 Å². The fourth-order valence-electron chi connectivity index (χ4n) is 5.03. The second-order valence-corrected chi connectivity index (χ2v) is 9.87. The number of hydrogen-bond acceptors (Lipinski definition) is 1. The summed E-state index contributed by atoms with van der Waals surface area (Å²) in [7, 11) is 1.10. The van der Waals surface area contributed by atoms with Crippen LogP contribution in [-0.2, 0) is 0 Å². The molecule has 150 valence electrons. The van der Waals surface area contributed by atoms with Gasteiger partial charge in [-0.2, -0.15) is 13.2 Å². The quantitative estimate of drug-likeness (QED) is 0.370. The molecule has 0 heterocycles. The second-order valence-electron chi connectivity index (χ2n) is 7.94. The van der Waals surface area contributed by atoms with Crippen LogP contribution < -0.4 is 4.74 Å². The summed E-state index contributed by atoms with van der Waals surface area (Å²) in [5.74, 6) is -1.60. The van der Waals surface area contributed by atoms with Gasteiger partial charge in [0.25, 0.3) is 0 Å². The van der Waals surface area contributed by atoms with E-state index in [1.807, 2.05) is 0 Å². The third kappa shape index (κ3) is 5.07. The van der Waals surface area contributed by atoms with Gasteiger partial charge in [0.2, 0.25) is 5.82 Å². The van der Waals surface area contributed by atoms with E-state index in [0.29, 0.717) is 11.5 Å². The van der Waals surface area contributed by atoms with Crippen molar-refractivity contribution < 1.29 is 22.3 Å². The molecule has 2 saturated carbocycles. The first-order valence-electron chi connectivity index (χ1n) is 10.2. The molecule has 1 nitrogen and oxygen atoms in total. The molecule has 2 aliphatic rings. The zero-order valence-corrected chi connectivity index (χ0v) is 16.8. The largest absolute Gasteiger partial charge is 0.432 e. The molecule has 6 heteroatoms. The summed E-state index contributed by atoms with van der Waals surface area (Å²) in [6.45, 7) is -0.895. The van der Waals surface area contributed by atoms with Crippen molar-refractivity contribution in [1.29, 1.82) is 0 Å². The third-order valence-electron chi connectivity index (χ3n) is 6.44. The minimum Gasteiger partial charge on any atom is -0.432 e. The first-order valence-corrected chi connectivity index (χ1v) is 11.4. The lowest BCUT2D eigenvalue weighted by atomic mass is 9.70. The Morgan fingerprint density at radius 3 is 2.07 bits per heavy atom.